The largest absolute Gasteiger partial charge is 0.289 e. The van der Waals surface area contributed by atoms with E-state index in [1.165, 1.54) is 5.56 Å². The number of nitrogens with one attached hydrogen (secondary N) is 1. The number of aryl methyl sites for hydroxylation is 2. The van der Waals surface area contributed by atoms with Gasteiger partial charge in [0.15, 0.2) is 5.69 Å². The first-order valence-electron chi connectivity index (χ1n) is 5.54. The van der Waals surface area contributed by atoms with Gasteiger partial charge in [-0.2, -0.15) is 0 Å². The monoisotopic (exact) mass is 242 g/mol. The number of aromatic nitrogens is 2. The number of carbonyl (C=O) groups excluding carboxylic acids is 1. The highest BCUT2D eigenvalue weighted by molar-refractivity contribution is 5.91. The Balaban J connectivity index is 2.37. The lowest BCUT2D eigenvalue weighted by Gasteiger charge is -2.06. The number of nitrogens with two attached hydrogens (primary N) is 1. The standard InChI is InChI=1S/C13H14N4O/c1-8-3-4-10(9(2)7-8)11-5-6-12(17-16-11)13(18)15-14/h3-7H,14H2,1-2H3,(H,15,18). The number of hydrogen-bond acceptors (Lipinski definition) is 4. The lowest BCUT2D eigenvalue weighted by atomic mass is 10.0. The second-order valence-electron chi connectivity index (χ2n) is 4.10. The van der Waals surface area contributed by atoms with Crippen molar-refractivity contribution in [1.82, 2.24) is 15.6 Å². The van der Waals surface area contributed by atoms with Crippen molar-refractivity contribution in [2.45, 2.75) is 13.8 Å². The van der Waals surface area contributed by atoms with Crippen molar-refractivity contribution in [1.29, 1.82) is 0 Å². The average Bonchev–Trinajstić information content (AvgIpc) is 2.38. The van der Waals surface area contributed by atoms with Crippen LogP contribution < -0.4 is 11.3 Å². The first kappa shape index (κ1) is 12.2. The van der Waals surface area contributed by atoms with Crippen LogP contribution in [0.25, 0.3) is 11.3 Å². The summed E-state index contributed by atoms with van der Waals surface area (Å²) in [6.07, 6.45) is 0. The summed E-state index contributed by atoms with van der Waals surface area (Å²) in [5, 5.41) is 7.89. The van der Waals surface area contributed by atoms with Crippen LogP contribution in [0.2, 0.25) is 0 Å². The highest BCUT2D eigenvalue weighted by Gasteiger charge is 2.08. The Bertz CT molecular complexity index is 578. The zero-order chi connectivity index (χ0) is 13.1. The number of carbonyl (C=O) groups is 1. The first-order chi connectivity index (χ1) is 8.61. The molecule has 5 heteroatoms. The molecule has 1 heterocycles. The van der Waals surface area contributed by atoms with Crippen LogP contribution in [0.15, 0.2) is 30.3 Å². The fourth-order valence-electron chi connectivity index (χ4n) is 1.77. The normalized spacial score (nSPS) is 10.2. The summed E-state index contributed by atoms with van der Waals surface area (Å²) >= 11 is 0. The summed E-state index contributed by atoms with van der Waals surface area (Å²) < 4.78 is 0. The third-order valence-electron chi connectivity index (χ3n) is 2.69. The summed E-state index contributed by atoms with van der Waals surface area (Å²) in [6, 6.07) is 9.46. The number of rotatable bonds is 2. The molecule has 0 saturated carbocycles. The molecule has 0 aliphatic heterocycles. The van der Waals surface area contributed by atoms with E-state index in [4.69, 9.17) is 5.84 Å². The third-order valence-corrected chi connectivity index (χ3v) is 2.69. The Hall–Kier alpha value is -2.27. The van der Waals surface area contributed by atoms with E-state index in [0.717, 1.165) is 16.8 Å². The Kier molecular flexibility index (Phi) is 3.34. The molecule has 1 amide bonds. The van der Waals surface area contributed by atoms with Crippen LogP contribution in [0, 0.1) is 13.8 Å². The van der Waals surface area contributed by atoms with Crippen LogP contribution in [0.1, 0.15) is 21.6 Å². The minimum Gasteiger partial charge on any atom is -0.289 e. The number of nitrogens with zero attached hydrogens (tertiary/aromatic N) is 2. The molecule has 0 spiro atoms. The van der Waals surface area contributed by atoms with Gasteiger partial charge in [0.05, 0.1) is 5.69 Å². The number of hydrogen-bond donors (Lipinski definition) is 2. The Labute approximate surface area is 105 Å². The number of amides is 1. The second-order valence-corrected chi connectivity index (χ2v) is 4.10. The molecule has 0 saturated heterocycles. The molecule has 0 unspecified atom stereocenters. The highest BCUT2D eigenvalue weighted by Crippen LogP contribution is 2.21. The van der Waals surface area contributed by atoms with E-state index >= 15 is 0 Å². The Morgan fingerprint density at radius 2 is 1.94 bits per heavy atom. The van der Waals surface area contributed by atoms with Gasteiger partial charge >= 0.3 is 0 Å². The Morgan fingerprint density at radius 1 is 1.17 bits per heavy atom. The molecule has 18 heavy (non-hydrogen) atoms. The van der Waals surface area contributed by atoms with E-state index in [-0.39, 0.29) is 5.69 Å². The summed E-state index contributed by atoms with van der Waals surface area (Å²) in [6.45, 7) is 4.06. The van der Waals surface area contributed by atoms with E-state index in [0.29, 0.717) is 0 Å². The maximum atomic E-state index is 11.2. The zero-order valence-electron chi connectivity index (χ0n) is 10.3. The summed E-state index contributed by atoms with van der Waals surface area (Å²) in [4.78, 5) is 11.2. The second kappa shape index (κ2) is 4.93. The van der Waals surface area contributed by atoms with Gasteiger partial charge in [-0.3, -0.25) is 10.2 Å². The number of hydrazine groups is 1. The van der Waals surface area contributed by atoms with Gasteiger partial charge in [-0.05, 0) is 31.5 Å². The smallest absolute Gasteiger partial charge is 0.285 e. The van der Waals surface area contributed by atoms with Crippen molar-refractivity contribution in [2.75, 3.05) is 0 Å². The van der Waals surface area contributed by atoms with Crippen molar-refractivity contribution in [2.24, 2.45) is 5.84 Å². The van der Waals surface area contributed by atoms with Crippen molar-refractivity contribution in [3.05, 3.63) is 47.2 Å². The predicted molar refractivity (Wildman–Crippen MR) is 68.6 cm³/mol. The molecule has 0 aliphatic rings. The van der Waals surface area contributed by atoms with Gasteiger partial charge in [0.25, 0.3) is 5.91 Å². The molecule has 2 rings (SSSR count). The van der Waals surface area contributed by atoms with E-state index in [1.54, 1.807) is 12.1 Å². The lowest BCUT2D eigenvalue weighted by molar-refractivity contribution is 0.0947. The Morgan fingerprint density at radius 3 is 2.50 bits per heavy atom. The van der Waals surface area contributed by atoms with Gasteiger partial charge in [-0.25, -0.2) is 5.84 Å². The quantitative estimate of drug-likeness (QED) is 0.473. The van der Waals surface area contributed by atoms with Crippen molar-refractivity contribution in [3.8, 4) is 11.3 Å². The first-order valence-corrected chi connectivity index (χ1v) is 5.54. The van der Waals surface area contributed by atoms with Gasteiger partial charge in [-0.15, -0.1) is 10.2 Å². The molecular formula is C13H14N4O. The molecule has 5 nitrogen and oxygen atoms in total. The van der Waals surface area contributed by atoms with E-state index in [1.807, 2.05) is 31.4 Å². The molecule has 0 radical (unpaired) electrons. The maximum absolute atomic E-state index is 11.2. The van der Waals surface area contributed by atoms with Gasteiger partial charge in [-0.1, -0.05) is 23.8 Å². The molecule has 3 N–H and O–H groups in total. The van der Waals surface area contributed by atoms with E-state index < -0.39 is 5.91 Å². The van der Waals surface area contributed by atoms with Gasteiger partial charge in [0, 0.05) is 5.56 Å². The van der Waals surface area contributed by atoms with Crippen LogP contribution in [-0.2, 0) is 0 Å². The minimum absolute atomic E-state index is 0.200. The molecule has 1 aromatic carbocycles. The van der Waals surface area contributed by atoms with Crippen LogP contribution >= 0.6 is 0 Å². The highest BCUT2D eigenvalue weighted by atomic mass is 16.2. The average molecular weight is 242 g/mol. The van der Waals surface area contributed by atoms with E-state index in [9.17, 15) is 4.79 Å². The fourth-order valence-corrected chi connectivity index (χ4v) is 1.77. The van der Waals surface area contributed by atoms with E-state index in [2.05, 4.69) is 16.3 Å². The summed E-state index contributed by atoms with van der Waals surface area (Å²) in [5.41, 5.74) is 6.29. The summed E-state index contributed by atoms with van der Waals surface area (Å²) in [5.74, 6) is 4.58. The molecule has 1 aromatic heterocycles. The van der Waals surface area contributed by atoms with Crippen LogP contribution in [-0.4, -0.2) is 16.1 Å². The molecule has 92 valence electrons. The lowest BCUT2D eigenvalue weighted by Crippen LogP contribution is -2.30. The van der Waals surface area contributed by atoms with Gasteiger partial charge < -0.3 is 0 Å². The van der Waals surface area contributed by atoms with Crippen molar-refractivity contribution in [3.63, 3.8) is 0 Å². The molecule has 0 bridgehead atoms. The topological polar surface area (TPSA) is 80.9 Å². The summed E-state index contributed by atoms with van der Waals surface area (Å²) in [7, 11) is 0. The molecule has 2 aromatic rings. The third kappa shape index (κ3) is 2.36. The maximum Gasteiger partial charge on any atom is 0.285 e. The minimum atomic E-state index is -0.449. The van der Waals surface area contributed by atoms with Crippen molar-refractivity contribution >= 4 is 5.91 Å². The number of benzene rings is 1. The molecule has 0 fully saturated rings. The van der Waals surface area contributed by atoms with Crippen molar-refractivity contribution < 1.29 is 4.79 Å². The van der Waals surface area contributed by atoms with Crippen LogP contribution in [0.3, 0.4) is 0 Å². The predicted octanol–water partition coefficient (Wildman–Crippen LogP) is 1.36. The molecule has 0 atom stereocenters. The fraction of sp³-hybridized carbons (Fsp3) is 0.154. The van der Waals surface area contributed by atoms with Crippen LogP contribution in [0.4, 0.5) is 0 Å². The van der Waals surface area contributed by atoms with Gasteiger partial charge in [0.2, 0.25) is 0 Å². The number of nitrogen functional groups attached to an aromatic ring is 1. The van der Waals surface area contributed by atoms with Gasteiger partial charge in [0.1, 0.15) is 0 Å². The molecule has 0 aliphatic carbocycles. The molecular weight excluding hydrogens is 228 g/mol. The SMILES string of the molecule is Cc1ccc(-c2ccc(C(=O)NN)nn2)c(C)c1. The van der Waals surface area contributed by atoms with Crippen LogP contribution in [0.5, 0.6) is 0 Å². The zero-order valence-corrected chi connectivity index (χ0v) is 10.3.